The summed E-state index contributed by atoms with van der Waals surface area (Å²) in [4.78, 5) is 31.4. The highest BCUT2D eigenvalue weighted by molar-refractivity contribution is 7.07. The molecule has 0 aliphatic carbocycles. The summed E-state index contributed by atoms with van der Waals surface area (Å²) >= 11 is 1.31. The number of nitrogens with zero attached hydrogens (tertiary/aromatic N) is 2. The predicted molar refractivity (Wildman–Crippen MR) is 121 cm³/mol. The van der Waals surface area contributed by atoms with Gasteiger partial charge in [0, 0.05) is 5.70 Å². The van der Waals surface area contributed by atoms with Crippen LogP contribution in [0.1, 0.15) is 31.0 Å². The zero-order valence-electron chi connectivity index (χ0n) is 17.5. The predicted octanol–water partition coefficient (Wildman–Crippen LogP) is 2.92. The SMILES string of the molecule is CCOC(=O)C1=C(C)n2c(s/c(=C\c3ccccc3)c2=O)=N[C@@H]1c1ccc(OC)cc1. The van der Waals surface area contributed by atoms with E-state index in [1.165, 1.54) is 15.9 Å². The Balaban J connectivity index is 1.93. The molecule has 2 aromatic carbocycles. The summed E-state index contributed by atoms with van der Waals surface area (Å²) in [7, 11) is 1.60. The highest BCUT2D eigenvalue weighted by Gasteiger charge is 2.31. The van der Waals surface area contributed by atoms with Gasteiger partial charge in [0.1, 0.15) is 11.8 Å². The lowest BCUT2D eigenvalue weighted by molar-refractivity contribution is -0.138. The number of carbonyl (C=O) groups excluding carboxylic acids is 1. The van der Waals surface area contributed by atoms with Crippen LogP contribution in [0.15, 0.2) is 70.0 Å². The van der Waals surface area contributed by atoms with Crippen LogP contribution in [0.25, 0.3) is 11.8 Å². The number of fused-ring (bicyclic) bond motifs is 1. The number of thiazole rings is 1. The monoisotopic (exact) mass is 434 g/mol. The second-order valence-corrected chi connectivity index (χ2v) is 7.98. The van der Waals surface area contributed by atoms with E-state index in [1.54, 1.807) is 21.0 Å². The second kappa shape index (κ2) is 8.73. The first-order chi connectivity index (χ1) is 15.0. The molecule has 7 heteroatoms. The Kier molecular flexibility index (Phi) is 5.86. The van der Waals surface area contributed by atoms with Crippen LogP contribution < -0.4 is 19.6 Å². The molecular weight excluding hydrogens is 412 g/mol. The maximum absolute atomic E-state index is 13.2. The number of benzene rings is 2. The molecule has 0 radical (unpaired) electrons. The van der Waals surface area contributed by atoms with Crippen LogP contribution in [-0.2, 0) is 9.53 Å². The number of methoxy groups -OCH3 is 1. The van der Waals surface area contributed by atoms with Crippen molar-refractivity contribution in [2.24, 2.45) is 4.99 Å². The first-order valence-corrected chi connectivity index (χ1v) is 10.7. The molecule has 31 heavy (non-hydrogen) atoms. The zero-order chi connectivity index (χ0) is 22.0. The van der Waals surface area contributed by atoms with Gasteiger partial charge in [0.25, 0.3) is 5.56 Å². The summed E-state index contributed by atoms with van der Waals surface area (Å²) in [6.07, 6.45) is 1.84. The Morgan fingerprint density at radius 1 is 1.16 bits per heavy atom. The van der Waals surface area contributed by atoms with Crippen LogP contribution in [-0.4, -0.2) is 24.3 Å². The van der Waals surface area contributed by atoms with E-state index in [9.17, 15) is 9.59 Å². The molecule has 0 fully saturated rings. The maximum Gasteiger partial charge on any atom is 0.338 e. The lowest BCUT2D eigenvalue weighted by Gasteiger charge is -2.22. The van der Waals surface area contributed by atoms with Crippen molar-refractivity contribution < 1.29 is 14.3 Å². The molecule has 1 atom stereocenters. The molecular formula is C24H22N2O4S. The third kappa shape index (κ3) is 3.96. The summed E-state index contributed by atoms with van der Waals surface area (Å²) in [5, 5.41) is 0. The number of hydrogen-bond acceptors (Lipinski definition) is 6. The van der Waals surface area contributed by atoms with Crippen molar-refractivity contribution in [1.82, 2.24) is 4.57 Å². The quantitative estimate of drug-likeness (QED) is 0.579. The molecule has 0 unspecified atom stereocenters. The van der Waals surface area contributed by atoms with E-state index in [2.05, 4.69) is 0 Å². The molecule has 0 N–H and O–H groups in total. The highest BCUT2D eigenvalue weighted by Crippen LogP contribution is 2.33. The number of esters is 1. The van der Waals surface area contributed by atoms with E-state index in [0.29, 0.717) is 26.4 Å². The highest BCUT2D eigenvalue weighted by atomic mass is 32.1. The molecule has 0 saturated carbocycles. The smallest absolute Gasteiger partial charge is 0.338 e. The Hall–Kier alpha value is -3.45. The van der Waals surface area contributed by atoms with Gasteiger partial charge in [-0.2, -0.15) is 0 Å². The molecule has 1 aliphatic heterocycles. The zero-order valence-corrected chi connectivity index (χ0v) is 18.3. The van der Waals surface area contributed by atoms with Crippen LogP contribution in [0.2, 0.25) is 0 Å². The van der Waals surface area contributed by atoms with Crippen molar-refractivity contribution in [2.75, 3.05) is 13.7 Å². The molecule has 4 rings (SSSR count). The molecule has 6 nitrogen and oxygen atoms in total. The van der Waals surface area contributed by atoms with E-state index in [0.717, 1.165) is 11.1 Å². The van der Waals surface area contributed by atoms with Crippen LogP contribution in [0.4, 0.5) is 0 Å². The minimum atomic E-state index is -0.562. The standard InChI is InChI=1S/C24H22N2O4S/c1-4-30-23(28)20-15(2)26-22(27)19(14-16-8-6-5-7-9-16)31-24(26)25-21(20)17-10-12-18(29-3)13-11-17/h5-14,21H,4H2,1-3H3/b19-14-/t21-/m1/s1. The van der Waals surface area contributed by atoms with Crippen molar-refractivity contribution in [3.63, 3.8) is 0 Å². The van der Waals surface area contributed by atoms with Gasteiger partial charge < -0.3 is 9.47 Å². The van der Waals surface area contributed by atoms with Gasteiger partial charge in [-0.05, 0) is 43.2 Å². The van der Waals surface area contributed by atoms with Crippen LogP contribution in [0.5, 0.6) is 5.75 Å². The number of allylic oxidation sites excluding steroid dienone is 1. The van der Waals surface area contributed by atoms with E-state index < -0.39 is 12.0 Å². The summed E-state index contributed by atoms with van der Waals surface area (Å²) < 4.78 is 12.6. The third-order valence-corrected chi connectivity index (χ3v) is 6.05. The fourth-order valence-electron chi connectivity index (χ4n) is 3.55. The van der Waals surface area contributed by atoms with E-state index in [4.69, 9.17) is 14.5 Å². The Bertz CT molecular complexity index is 1320. The molecule has 1 aliphatic rings. The topological polar surface area (TPSA) is 69.9 Å². The van der Waals surface area contributed by atoms with Gasteiger partial charge >= 0.3 is 5.97 Å². The van der Waals surface area contributed by atoms with Gasteiger partial charge in [-0.1, -0.05) is 53.8 Å². The first-order valence-electron chi connectivity index (χ1n) is 9.92. The maximum atomic E-state index is 13.2. The average molecular weight is 435 g/mol. The van der Waals surface area contributed by atoms with Gasteiger partial charge in [-0.15, -0.1) is 0 Å². The molecule has 0 bridgehead atoms. The van der Waals surface area contributed by atoms with Gasteiger partial charge in [0.15, 0.2) is 4.80 Å². The van der Waals surface area contributed by atoms with Crippen molar-refractivity contribution >= 4 is 29.1 Å². The summed E-state index contributed by atoms with van der Waals surface area (Å²) in [5.41, 5.74) is 2.46. The average Bonchev–Trinajstić information content (AvgIpc) is 3.09. The normalized spacial score (nSPS) is 16.0. The summed E-state index contributed by atoms with van der Waals surface area (Å²) in [6, 6.07) is 16.5. The lowest BCUT2D eigenvalue weighted by Crippen LogP contribution is -2.35. The molecule has 158 valence electrons. The number of carbonyl (C=O) groups is 1. The Labute approximate surface area is 183 Å². The molecule has 0 amide bonds. The number of hydrogen-bond donors (Lipinski definition) is 0. The molecule has 2 heterocycles. The number of ether oxygens (including phenoxy) is 2. The largest absolute Gasteiger partial charge is 0.497 e. The number of aromatic nitrogens is 1. The fraction of sp³-hybridized carbons (Fsp3) is 0.208. The molecule has 0 spiro atoms. The fourth-order valence-corrected chi connectivity index (χ4v) is 4.58. The molecule has 0 saturated heterocycles. The van der Waals surface area contributed by atoms with Gasteiger partial charge in [0.2, 0.25) is 0 Å². The van der Waals surface area contributed by atoms with Crippen molar-refractivity contribution in [3.05, 3.63) is 91.0 Å². The minimum absolute atomic E-state index is 0.194. The van der Waals surface area contributed by atoms with Crippen molar-refractivity contribution in [3.8, 4) is 5.75 Å². The van der Waals surface area contributed by atoms with Crippen molar-refractivity contribution in [2.45, 2.75) is 19.9 Å². The summed E-state index contributed by atoms with van der Waals surface area (Å²) in [5.74, 6) is 0.243. The van der Waals surface area contributed by atoms with E-state index in [1.807, 2.05) is 60.7 Å². The second-order valence-electron chi connectivity index (χ2n) is 6.97. The van der Waals surface area contributed by atoms with Crippen molar-refractivity contribution in [1.29, 1.82) is 0 Å². The molecule has 3 aromatic rings. The Morgan fingerprint density at radius 2 is 1.87 bits per heavy atom. The first kappa shape index (κ1) is 20.8. The van der Waals surface area contributed by atoms with Gasteiger partial charge in [0.05, 0.1) is 23.8 Å². The third-order valence-electron chi connectivity index (χ3n) is 5.07. The summed E-state index contributed by atoms with van der Waals surface area (Å²) in [6.45, 7) is 3.76. The van der Waals surface area contributed by atoms with E-state index >= 15 is 0 Å². The van der Waals surface area contributed by atoms with Crippen LogP contribution in [0, 0.1) is 0 Å². The van der Waals surface area contributed by atoms with E-state index in [-0.39, 0.29) is 12.2 Å². The van der Waals surface area contributed by atoms with Crippen LogP contribution in [0.3, 0.4) is 0 Å². The lowest BCUT2D eigenvalue weighted by atomic mass is 9.96. The van der Waals surface area contributed by atoms with Gasteiger partial charge in [-0.25, -0.2) is 9.79 Å². The van der Waals surface area contributed by atoms with Crippen LogP contribution >= 0.6 is 11.3 Å². The van der Waals surface area contributed by atoms with Gasteiger partial charge in [-0.3, -0.25) is 9.36 Å². The Morgan fingerprint density at radius 3 is 2.52 bits per heavy atom. The minimum Gasteiger partial charge on any atom is -0.497 e. The number of rotatable bonds is 5. The molecule has 1 aromatic heterocycles.